The van der Waals surface area contributed by atoms with Crippen LogP contribution in [0.3, 0.4) is 0 Å². The number of aromatic nitrogens is 3. The van der Waals surface area contributed by atoms with E-state index in [1.54, 1.807) is 12.3 Å². The van der Waals surface area contributed by atoms with Crippen LogP contribution in [-0.2, 0) is 0 Å². The molecule has 0 fully saturated rings. The van der Waals surface area contributed by atoms with Gasteiger partial charge in [0.1, 0.15) is 0 Å². The molecule has 2 heterocycles. The van der Waals surface area contributed by atoms with Gasteiger partial charge in [0.25, 0.3) is 0 Å². The van der Waals surface area contributed by atoms with Gasteiger partial charge in [-0.05, 0) is 25.3 Å². The molecular weight excluding hydrogens is 242 g/mol. The first-order valence-corrected chi connectivity index (χ1v) is 6.57. The third kappa shape index (κ3) is 2.32. The van der Waals surface area contributed by atoms with Gasteiger partial charge in [0.15, 0.2) is 5.65 Å². The minimum atomic E-state index is -0.932. The van der Waals surface area contributed by atoms with E-state index in [9.17, 15) is 9.90 Å². The third-order valence-corrected chi connectivity index (χ3v) is 3.42. The van der Waals surface area contributed by atoms with E-state index in [-0.39, 0.29) is 17.5 Å². The van der Waals surface area contributed by atoms with Crippen molar-refractivity contribution >= 4 is 17.0 Å². The quantitative estimate of drug-likeness (QED) is 0.917. The van der Waals surface area contributed by atoms with Crippen molar-refractivity contribution in [3.05, 3.63) is 23.5 Å². The average Bonchev–Trinajstić information content (AvgIpc) is 2.79. The largest absolute Gasteiger partial charge is 0.478 e. The first-order chi connectivity index (χ1) is 8.95. The third-order valence-electron chi connectivity index (χ3n) is 3.42. The fraction of sp³-hybridized carbons (Fsp3) is 0.500. The van der Waals surface area contributed by atoms with Crippen molar-refractivity contribution in [2.45, 2.75) is 46.1 Å². The summed E-state index contributed by atoms with van der Waals surface area (Å²) in [5.41, 5.74) is 1.73. The molecule has 0 amide bonds. The van der Waals surface area contributed by atoms with Crippen molar-refractivity contribution in [3.8, 4) is 0 Å². The predicted molar refractivity (Wildman–Crippen MR) is 73.6 cm³/mol. The Labute approximate surface area is 112 Å². The lowest BCUT2D eigenvalue weighted by atomic mass is 10.1. The highest BCUT2D eigenvalue weighted by atomic mass is 16.4. The number of rotatable bonds is 4. The summed E-state index contributed by atoms with van der Waals surface area (Å²) in [6.07, 6.45) is 2.52. The first-order valence-electron chi connectivity index (χ1n) is 6.57. The van der Waals surface area contributed by atoms with Crippen molar-refractivity contribution in [2.24, 2.45) is 0 Å². The molecule has 5 heteroatoms. The van der Waals surface area contributed by atoms with E-state index in [0.717, 1.165) is 12.1 Å². The van der Waals surface area contributed by atoms with Gasteiger partial charge in [-0.2, -0.15) is 5.10 Å². The van der Waals surface area contributed by atoms with E-state index >= 15 is 0 Å². The second kappa shape index (κ2) is 4.99. The van der Waals surface area contributed by atoms with Gasteiger partial charge >= 0.3 is 5.97 Å². The normalized spacial score (nSPS) is 13.1. The van der Waals surface area contributed by atoms with E-state index in [4.69, 9.17) is 0 Å². The number of carboxylic acids is 1. The maximum atomic E-state index is 11.4. The molecule has 102 valence electrons. The summed E-state index contributed by atoms with van der Waals surface area (Å²) in [6.45, 7) is 8.13. The summed E-state index contributed by atoms with van der Waals surface area (Å²) < 4.78 is 1.81. The summed E-state index contributed by atoms with van der Waals surface area (Å²) in [5.74, 6) is -0.749. The highest BCUT2D eigenvalue weighted by molar-refractivity contribution is 6.01. The van der Waals surface area contributed by atoms with Crippen LogP contribution in [0.2, 0.25) is 0 Å². The number of nitrogens with zero attached hydrogens (tertiary/aromatic N) is 3. The van der Waals surface area contributed by atoms with Crippen molar-refractivity contribution in [3.63, 3.8) is 0 Å². The molecule has 0 aliphatic rings. The summed E-state index contributed by atoms with van der Waals surface area (Å²) in [6, 6.07) is 1.85. The molecule has 0 spiro atoms. The zero-order valence-electron chi connectivity index (χ0n) is 11.7. The monoisotopic (exact) mass is 261 g/mol. The highest BCUT2D eigenvalue weighted by Crippen LogP contribution is 2.25. The molecule has 0 aromatic carbocycles. The number of fused-ring (bicyclic) bond motifs is 1. The molecule has 0 aliphatic heterocycles. The van der Waals surface area contributed by atoms with Crippen LogP contribution in [0.1, 0.15) is 62.1 Å². The predicted octanol–water partition coefficient (Wildman–Crippen LogP) is 3.22. The van der Waals surface area contributed by atoms with Gasteiger partial charge in [-0.25, -0.2) is 14.5 Å². The molecule has 0 saturated heterocycles. The Morgan fingerprint density at radius 2 is 2.11 bits per heavy atom. The maximum absolute atomic E-state index is 11.4. The van der Waals surface area contributed by atoms with E-state index in [1.807, 2.05) is 18.5 Å². The summed E-state index contributed by atoms with van der Waals surface area (Å²) in [7, 11) is 0. The standard InChI is InChI=1S/C14H19N3O2/c1-5-9(4)17-13-11(7-15-17)10(14(18)19)6-12(16-13)8(2)3/h6-9H,5H2,1-4H3,(H,18,19). The maximum Gasteiger partial charge on any atom is 0.336 e. The molecule has 2 aromatic heterocycles. The molecule has 1 atom stereocenters. The Kier molecular flexibility index (Phi) is 3.55. The van der Waals surface area contributed by atoms with Crippen molar-refractivity contribution < 1.29 is 9.90 Å². The number of carbonyl (C=O) groups is 1. The van der Waals surface area contributed by atoms with Crippen LogP contribution in [0.5, 0.6) is 0 Å². The van der Waals surface area contributed by atoms with E-state index in [1.165, 1.54) is 0 Å². The Balaban J connectivity index is 2.74. The molecule has 0 radical (unpaired) electrons. The minimum absolute atomic E-state index is 0.183. The molecule has 1 unspecified atom stereocenters. The van der Waals surface area contributed by atoms with Crippen LogP contribution < -0.4 is 0 Å². The molecule has 0 saturated carbocycles. The lowest BCUT2D eigenvalue weighted by Gasteiger charge is -2.12. The van der Waals surface area contributed by atoms with Crippen LogP contribution in [0.4, 0.5) is 0 Å². The van der Waals surface area contributed by atoms with Crippen LogP contribution in [0.15, 0.2) is 12.3 Å². The number of aromatic carboxylic acids is 1. The van der Waals surface area contributed by atoms with Gasteiger partial charge < -0.3 is 5.11 Å². The van der Waals surface area contributed by atoms with Gasteiger partial charge in [-0.15, -0.1) is 0 Å². The molecule has 2 rings (SSSR count). The minimum Gasteiger partial charge on any atom is -0.478 e. The summed E-state index contributed by atoms with van der Waals surface area (Å²) >= 11 is 0. The van der Waals surface area contributed by atoms with Crippen LogP contribution >= 0.6 is 0 Å². The number of hydrogen-bond donors (Lipinski definition) is 1. The van der Waals surface area contributed by atoms with Gasteiger partial charge in [0.05, 0.1) is 23.2 Å². The molecule has 0 bridgehead atoms. The van der Waals surface area contributed by atoms with Crippen LogP contribution in [0.25, 0.3) is 11.0 Å². The SMILES string of the molecule is CCC(C)n1ncc2c(C(=O)O)cc(C(C)C)nc21. The second-order valence-electron chi connectivity index (χ2n) is 5.14. The smallest absolute Gasteiger partial charge is 0.336 e. The van der Waals surface area contributed by atoms with E-state index in [2.05, 4.69) is 23.9 Å². The first kappa shape index (κ1) is 13.5. The zero-order chi connectivity index (χ0) is 14.2. The van der Waals surface area contributed by atoms with Crippen LogP contribution in [-0.4, -0.2) is 25.8 Å². The second-order valence-corrected chi connectivity index (χ2v) is 5.14. The fourth-order valence-corrected chi connectivity index (χ4v) is 2.01. The Hall–Kier alpha value is -1.91. The van der Waals surface area contributed by atoms with Crippen molar-refractivity contribution in [2.75, 3.05) is 0 Å². The lowest BCUT2D eigenvalue weighted by Crippen LogP contribution is -2.09. The molecule has 2 aromatic rings. The van der Waals surface area contributed by atoms with Crippen molar-refractivity contribution in [1.82, 2.24) is 14.8 Å². The van der Waals surface area contributed by atoms with Crippen molar-refractivity contribution in [1.29, 1.82) is 0 Å². The summed E-state index contributed by atoms with van der Waals surface area (Å²) in [5, 5.41) is 14.2. The van der Waals surface area contributed by atoms with E-state index < -0.39 is 5.97 Å². The highest BCUT2D eigenvalue weighted by Gasteiger charge is 2.18. The average molecular weight is 261 g/mol. The topological polar surface area (TPSA) is 68.0 Å². The Morgan fingerprint density at radius 3 is 2.63 bits per heavy atom. The van der Waals surface area contributed by atoms with Gasteiger partial charge in [-0.3, -0.25) is 0 Å². The Bertz CT molecular complexity index is 616. The van der Waals surface area contributed by atoms with Gasteiger partial charge in [0, 0.05) is 5.69 Å². The number of hydrogen-bond acceptors (Lipinski definition) is 3. The number of carboxylic acid groups (broad SMARTS) is 1. The lowest BCUT2D eigenvalue weighted by molar-refractivity contribution is 0.0699. The number of pyridine rings is 1. The molecular formula is C14H19N3O2. The zero-order valence-corrected chi connectivity index (χ0v) is 11.7. The van der Waals surface area contributed by atoms with E-state index in [0.29, 0.717) is 11.0 Å². The fourth-order valence-electron chi connectivity index (χ4n) is 2.01. The van der Waals surface area contributed by atoms with Crippen LogP contribution in [0, 0.1) is 0 Å². The molecule has 0 aliphatic carbocycles. The van der Waals surface area contributed by atoms with Gasteiger partial charge in [-0.1, -0.05) is 20.8 Å². The molecule has 1 N–H and O–H groups in total. The summed E-state index contributed by atoms with van der Waals surface area (Å²) in [4.78, 5) is 16.0. The molecule has 19 heavy (non-hydrogen) atoms. The van der Waals surface area contributed by atoms with Gasteiger partial charge in [0.2, 0.25) is 0 Å². The molecule has 5 nitrogen and oxygen atoms in total. The Morgan fingerprint density at radius 1 is 1.42 bits per heavy atom.